The Morgan fingerprint density at radius 1 is 1.14 bits per heavy atom. The highest BCUT2D eigenvalue weighted by molar-refractivity contribution is 5.97. The van der Waals surface area contributed by atoms with Gasteiger partial charge in [0, 0.05) is 31.9 Å². The smallest absolute Gasteiger partial charge is 0.253 e. The summed E-state index contributed by atoms with van der Waals surface area (Å²) in [5.74, 6) is 0.332. The van der Waals surface area contributed by atoms with Crippen molar-refractivity contribution in [2.24, 2.45) is 5.92 Å². The molecule has 0 aliphatic carbocycles. The lowest BCUT2D eigenvalue weighted by Gasteiger charge is -2.34. The Hall–Kier alpha value is -2.73. The van der Waals surface area contributed by atoms with E-state index in [0.29, 0.717) is 17.9 Å². The van der Waals surface area contributed by atoms with Crippen LogP contribution in [0.15, 0.2) is 54.9 Å². The average molecular weight is 395 g/mol. The van der Waals surface area contributed by atoms with Gasteiger partial charge in [-0.15, -0.1) is 0 Å². The van der Waals surface area contributed by atoms with Crippen molar-refractivity contribution in [1.82, 2.24) is 20.5 Å². The first-order valence-corrected chi connectivity index (χ1v) is 10.4. The molecule has 2 amide bonds. The first kappa shape index (κ1) is 21.0. The van der Waals surface area contributed by atoms with Crippen LogP contribution >= 0.6 is 0 Å². The van der Waals surface area contributed by atoms with Gasteiger partial charge in [-0.2, -0.15) is 0 Å². The molecule has 6 nitrogen and oxygen atoms in total. The number of carbonyl (C=O) groups excluding carboxylic acids is 2. The summed E-state index contributed by atoms with van der Waals surface area (Å²) in [6.07, 6.45) is 5.61. The van der Waals surface area contributed by atoms with Crippen LogP contribution in [-0.4, -0.2) is 53.9 Å². The van der Waals surface area contributed by atoms with Crippen molar-refractivity contribution >= 4 is 11.8 Å². The number of nitrogens with one attached hydrogen (secondary N) is 2. The molecule has 2 aromatic rings. The van der Waals surface area contributed by atoms with Crippen LogP contribution in [0.3, 0.4) is 0 Å². The standard InChI is InChI=1S/C23H30N4O2/c1-2-24-16-19-10-13-27(14-11-19)23(29)21(15-18-7-4-3-5-8-18)26-22(28)20-9-6-12-25-17-20/h3-9,12,17,19,21,24H,2,10-11,13-16H2,1H3,(H,26,28). The summed E-state index contributed by atoms with van der Waals surface area (Å²) in [4.78, 5) is 31.8. The minimum absolute atomic E-state index is 0.00649. The number of nitrogens with zero attached hydrogens (tertiary/aromatic N) is 2. The normalized spacial score (nSPS) is 15.7. The lowest BCUT2D eigenvalue weighted by molar-refractivity contribution is -0.134. The van der Waals surface area contributed by atoms with Crippen molar-refractivity contribution < 1.29 is 9.59 Å². The van der Waals surface area contributed by atoms with Crippen molar-refractivity contribution in [3.8, 4) is 0 Å². The van der Waals surface area contributed by atoms with Gasteiger partial charge in [-0.25, -0.2) is 0 Å². The number of hydrogen-bond acceptors (Lipinski definition) is 4. The van der Waals surface area contributed by atoms with Crippen LogP contribution in [0.4, 0.5) is 0 Å². The number of carbonyl (C=O) groups is 2. The lowest BCUT2D eigenvalue weighted by atomic mass is 9.95. The van der Waals surface area contributed by atoms with Crippen LogP contribution < -0.4 is 10.6 Å². The van der Waals surface area contributed by atoms with E-state index in [9.17, 15) is 9.59 Å². The third-order valence-corrected chi connectivity index (χ3v) is 5.42. The Balaban J connectivity index is 1.67. The quantitative estimate of drug-likeness (QED) is 0.720. The molecular formula is C23H30N4O2. The number of rotatable bonds is 8. The molecule has 0 spiro atoms. The van der Waals surface area contributed by atoms with E-state index in [2.05, 4.69) is 22.5 Å². The monoisotopic (exact) mass is 394 g/mol. The molecule has 1 aliphatic rings. The first-order valence-electron chi connectivity index (χ1n) is 10.4. The van der Waals surface area contributed by atoms with E-state index >= 15 is 0 Å². The molecule has 2 N–H and O–H groups in total. The number of likely N-dealkylation sites (tertiary alicyclic amines) is 1. The predicted molar refractivity (Wildman–Crippen MR) is 113 cm³/mol. The van der Waals surface area contributed by atoms with Crippen LogP contribution in [0.1, 0.15) is 35.7 Å². The molecule has 154 valence electrons. The third-order valence-electron chi connectivity index (χ3n) is 5.42. The summed E-state index contributed by atoms with van der Waals surface area (Å²) in [7, 11) is 0. The van der Waals surface area contributed by atoms with E-state index in [1.54, 1.807) is 18.3 Å². The van der Waals surface area contributed by atoms with Gasteiger partial charge in [-0.3, -0.25) is 14.6 Å². The summed E-state index contributed by atoms with van der Waals surface area (Å²) >= 11 is 0. The van der Waals surface area contributed by atoms with Gasteiger partial charge in [-0.1, -0.05) is 37.3 Å². The van der Waals surface area contributed by atoms with E-state index in [1.807, 2.05) is 35.2 Å². The van der Waals surface area contributed by atoms with Gasteiger partial charge in [0.1, 0.15) is 6.04 Å². The summed E-state index contributed by atoms with van der Waals surface area (Å²) in [6, 6.07) is 12.7. The zero-order valence-electron chi connectivity index (χ0n) is 17.0. The highest BCUT2D eigenvalue weighted by atomic mass is 16.2. The third kappa shape index (κ3) is 6.12. The molecule has 29 heavy (non-hydrogen) atoms. The molecule has 0 radical (unpaired) electrons. The number of aromatic nitrogens is 1. The van der Waals surface area contributed by atoms with Gasteiger partial charge in [-0.05, 0) is 49.5 Å². The van der Waals surface area contributed by atoms with Gasteiger partial charge >= 0.3 is 0 Å². The SMILES string of the molecule is CCNCC1CCN(C(=O)C(Cc2ccccc2)NC(=O)c2cccnc2)CC1. The van der Waals surface area contributed by atoms with Gasteiger partial charge in [0.25, 0.3) is 5.91 Å². The van der Waals surface area contributed by atoms with Gasteiger partial charge < -0.3 is 15.5 Å². The minimum atomic E-state index is -0.588. The zero-order chi connectivity index (χ0) is 20.5. The molecule has 1 saturated heterocycles. The highest BCUT2D eigenvalue weighted by Crippen LogP contribution is 2.18. The van der Waals surface area contributed by atoms with Gasteiger partial charge in [0.15, 0.2) is 0 Å². The molecule has 1 aromatic heterocycles. The summed E-state index contributed by atoms with van der Waals surface area (Å²) in [5.41, 5.74) is 1.49. The highest BCUT2D eigenvalue weighted by Gasteiger charge is 2.29. The lowest BCUT2D eigenvalue weighted by Crippen LogP contribution is -2.52. The van der Waals surface area contributed by atoms with E-state index in [-0.39, 0.29) is 11.8 Å². The van der Waals surface area contributed by atoms with Crippen molar-refractivity contribution in [3.63, 3.8) is 0 Å². The Morgan fingerprint density at radius 2 is 1.90 bits per heavy atom. The molecule has 6 heteroatoms. The van der Waals surface area contributed by atoms with E-state index in [1.165, 1.54) is 6.20 Å². The molecule has 0 saturated carbocycles. The zero-order valence-corrected chi connectivity index (χ0v) is 17.0. The Kier molecular flexibility index (Phi) is 7.76. The molecule has 1 atom stereocenters. The van der Waals surface area contributed by atoms with Crippen LogP contribution in [0.2, 0.25) is 0 Å². The molecule has 0 bridgehead atoms. The second kappa shape index (κ2) is 10.7. The number of amides is 2. The van der Waals surface area contributed by atoms with Crippen molar-refractivity contribution in [3.05, 3.63) is 66.0 Å². The fourth-order valence-electron chi connectivity index (χ4n) is 3.71. The maximum absolute atomic E-state index is 13.3. The van der Waals surface area contributed by atoms with Crippen LogP contribution in [0.5, 0.6) is 0 Å². The predicted octanol–water partition coefficient (Wildman–Crippen LogP) is 2.27. The number of piperidine rings is 1. The second-order valence-electron chi connectivity index (χ2n) is 7.53. The topological polar surface area (TPSA) is 74.3 Å². The Morgan fingerprint density at radius 3 is 2.55 bits per heavy atom. The summed E-state index contributed by atoms with van der Waals surface area (Å²) in [5, 5.41) is 6.34. The van der Waals surface area contributed by atoms with Crippen LogP contribution in [-0.2, 0) is 11.2 Å². The summed E-state index contributed by atoms with van der Waals surface area (Å²) < 4.78 is 0. The fraction of sp³-hybridized carbons (Fsp3) is 0.435. The van der Waals surface area contributed by atoms with Crippen molar-refractivity contribution in [1.29, 1.82) is 0 Å². The van der Waals surface area contributed by atoms with Crippen molar-refractivity contribution in [2.45, 2.75) is 32.2 Å². The van der Waals surface area contributed by atoms with Gasteiger partial charge in [0.05, 0.1) is 5.56 Å². The fourth-order valence-corrected chi connectivity index (χ4v) is 3.71. The number of hydrogen-bond donors (Lipinski definition) is 2. The number of pyridine rings is 1. The largest absolute Gasteiger partial charge is 0.341 e. The molecule has 1 aromatic carbocycles. The van der Waals surface area contributed by atoms with E-state index in [0.717, 1.165) is 44.6 Å². The molecule has 1 aliphatic heterocycles. The minimum Gasteiger partial charge on any atom is -0.341 e. The maximum Gasteiger partial charge on any atom is 0.253 e. The van der Waals surface area contributed by atoms with Crippen LogP contribution in [0.25, 0.3) is 0 Å². The maximum atomic E-state index is 13.3. The first-order chi connectivity index (χ1) is 14.2. The average Bonchev–Trinajstić information content (AvgIpc) is 2.78. The van der Waals surface area contributed by atoms with Gasteiger partial charge in [0.2, 0.25) is 5.91 Å². The van der Waals surface area contributed by atoms with Crippen LogP contribution in [0, 0.1) is 5.92 Å². The Bertz CT molecular complexity index is 774. The molecule has 1 unspecified atom stereocenters. The van der Waals surface area contributed by atoms with Crippen molar-refractivity contribution in [2.75, 3.05) is 26.2 Å². The summed E-state index contributed by atoms with van der Waals surface area (Å²) in [6.45, 7) is 5.56. The molecule has 2 heterocycles. The van der Waals surface area contributed by atoms with E-state index in [4.69, 9.17) is 0 Å². The second-order valence-corrected chi connectivity index (χ2v) is 7.53. The van der Waals surface area contributed by atoms with E-state index < -0.39 is 6.04 Å². The Labute approximate surface area is 172 Å². The number of benzene rings is 1. The molecular weight excluding hydrogens is 364 g/mol. The molecule has 3 rings (SSSR count). The molecule has 1 fully saturated rings.